The fourth-order valence-electron chi connectivity index (χ4n) is 2.17. The van der Waals surface area contributed by atoms with Crippen LogP contribution in [0.15, 0.2) is 21.2 Å². The minimum absolute atomic E-state index is 0.318. The zero-order valence-electron chi connectivity index (χ0n) is 8.86. The van der Waals surface area contributed by atoms with E-state index in [1.54, 1.807) is 12.1 Å². The van der Waals surface area contributed by atoms with Crippen LogP contribution in [0.5, 0.6) is 0 Å². The first kappa shape index (κ1) is 11.3. The summed E-state index contributed by atoms with van der Waals surface area (Å²) in [5.41, 5.74) is 1.01. The number of nitrogens with zero attached hydrogens (tertiary/aromatic N) is 2. The van der Waals surface area contributed by atoms with Gasteiger partial charge in [0.1, 0.15) is 10.8 Å². The molecule has 0 amide bonds. The Hall–Kier alpha value is -0.780. The van der Waals surface area contributed by atoms with Crippen molar-refractivity contribution in [3.05, 3.63) is 27.6 Å². The van der Waals surface area contributed by atoms with E-state index in [9.17, 15) is 5.11 Å². The predicted octanol–water partition coefficient (Wildman–Crippen LogP) is 3.39. The van der Waals surface area contributed by atoms with Gasteiger partial charge in [-0.05, 0) is 58.9 Å². The molecular formula is C11H10BrClN2O2. The largest absolute Gasteiger partial charge is 0.441 e. The van der Waals surface area contributed by atoms with E-state index >= 15 is 0 Å². The van der Waals surface area contributed by atoms with Crippen LogP contribution in [-0.4, -0.2) is 14.7 Å². The highest BCUT2D eigenvalue weighted by Crippen LogP contribution is 2.35. The zero-order chi connectivity index (χ0) is 12.0. The first-order valence-corrected chi connectivity index (χ1v) is 6.54. The monoisotopic (exact) mass is 316 g/mol. The third kappa shape index (κ3) is 1.82. The smallest absolute Gasteiger partial charge is 0.194 e. The number of rotatable bonds is 1. The number of hydrogen-bond donors (Lipinski definition) is 1. The van der Waals surface area contributed by atoms with Crippen LogP contribution in [-0.2, 0) is 6.42 Å². The highest BCUT2D eigenvalue weighted by molar-refractivity contribution is 9.10. The summed E-state index contributed by atoms with van der Waals surface area (Å²) in [4.78, 5) is 4.39. The van der Waals surface area contributed by atoms with E-state index in [1.165, 1.54) is 0 Å². The molecule has 0 aliphatic carbocycles. The van der Waals surface area contributed by atoms with Gasteiger partial charge in [-0.1, -0.05) is 0 Å². The maximum Gasteiger partial charge on any atom is 0.194 e. The number of aliphatic hydroxyl groups excluding tert-OH is 1. The molecule has 2 aromatic heterocycles. The van der Waals surface area contributed by atoms with E-state index in [-0.39, 0.29) is 0 Å². The molecule has 0 saturated carbocycles. The lowest BCUT2D eigenvalue weighted by Crippen LogP contribution is -2.17. The second kappa shape index (κ2) is 4.15. The molecular weight excluding hydrogens is 307 g/mol. The van der Waals surface area contributed by atoms with Crippen LogP contribution in [0, 0.1) is 0 Å². The zero-order valence-corrected chi connectivity index (χ0v) is 11.2. The SMILES string of the molecule is OC1CCCc2c(Br)nc(-c3ccc(Cl)o3)n21. The van der Waals surface area contributed by atoms with Crippen LogP contribution in [0.1, 0.15) is 24.8 Å². The first-order valence-electron chi connectivity index (χ1n) is 5.37. The standard InChI is InChI=1S/C11H10BrClN2O2/c12-10-6-2-1-3-9(16)15(6)11(14-10)7-4-5-8(13)17-7/h4-5,9,16H,1-3H2. The Bertz CT molecular complexity index is 564. The molecule has 1 aliphatic heterocycles. The summed E-state index contributed by atoms with van der Waals surface area (Å²) in [7, 11) is 0. The summed E-state index contributed by atoms with van der Waals surface area (Å²) < 4.78 is 7.92. The van der Waals surface area contributed by atoms with Crippen molar-refractivity contribution < 1.29 is 9.52 Å². The Morgan fingerprint density at radius 2 is 2.35 bits per heavy atom. The van der Waals surface area contributed by atoms with Crippen molar-refractivity contribution in [3.8, 4) is 11.6 Å². The fourth-order valence-corrected chi connectivity index (χ4v) is 2.88. The van der Waals surface area contributed by atoms with Crippen molar-refractivity contribution in [2.24, 2.45) is 0 Å². The molecule has 1 unspecified atom stereocenters. The van der Waals surface area contributed by atoms with Gasteiger partial charge in [0.2, 0.25) is 0 Å². The van der Waals surface area contributed by atoms with Crippen molar-refractivity contribution >= 4 is 27.5 Å². The number of aliphatic hydroxyl groups is 1. The summed E-state index contributed by atoms with van der Waals surface area (Å²) >= 11 is 9.18. The van der Waals surface area contributed by atoms with Gasteiger partial charge in [0, 0.05) is 0 Å². The summed E-state index contributed by atoms with van der Waals surface area (Å²) in [6, 6.07) is 3.42. The third-order valence-corrected chi connectivity index (χ3v) is 3.77. The number of fused-ring (bicyclic) bond motifs is 1. The molecule has 1 N–H and O–H groups in total. The summed E-state index contributed by atoms with van der Waals surface area (Å²) in [5, 5.41) is 10.4. The molecule has 4 nitrogen and oxygen atoms in total. The molecule has 2 aromatic rings. The van der Waals surface area contributed by atoms with E-state index in [4.69, 9.17) is 16.0 Å². The second-order valence-corrected chi connectivity index (χ2v) is 5.14. The lowest BCUT2D eigenvalue weighted by Gasteiger charge is -2.22. The predicted molar refractivity (Wildman–Crippen MR) is 66.8 cm³/mol. The average Bonchev–Trinajstić information content (AvgIpc) is 2.85. The van der Waals surface area contributed by atoms with Gasteiger partial charge < -0.3 is 9.52 Å². The molecule has 1 atom stereocenters. The van der Waals surface area contributed by atoms with Crippen LogP contribution < -0.4 is 0 Å². The number of halogens is 2. The van der Waals surface area contributed by atoms with Crippen LogP contribution in [0.25, 0.3) is 11.6 Å². The molecule has 0 radical (unpaired) electrons. The molecule has 17 heavy (non-hydrogen) atoms. The molecule has 90 valence electrons. The fraction of sp³-hybridized carbons (Fsp3) is 0.364. The third-order valence-electron chi connectivity index (χ3n) is 2.93. The number of hydrogen-bond acceptors (Lipinski definition) is 3. The van der Waals surface area contributed by atoms with Gasteiger partial charge in [-0.3, -0.25) is 4.57 Å². The van der Waals surface area contributed by atoms with Gasteiger partial charge in [-0.15, -0.1) is 0 Å². The van der Waals surface area contributed by atoms with Crippen LogP contribution >= 0.6 is 27.5 Å². The van der Waals surface area contributed by atoms with Crippen molar-refractivity contribution in [3.63, 3.8) is 0 Å². The van der Waals surface area contributed by atoms with E-state index < -0.39 is 6.23 Å². The van der Waals surface area contributed by atoms with Crippen molar-refractivity contribution in [1.29, 1.82) is 0 Å². The molecule has 0 saturated heterocycles. The van der Waals surface area contributed by atoms with E-state index in [2.05, 4.69) is 20.9 Å². The lowest BCUT2D eigenvalue weighted by atomic mass is 10.1. The quantitative estimate of drug-likeness (QED) is 0.877. The normalized spacial score (nSPS) is 19.4. The Morgan fingerprint density at radius 3 is 3.06 bits per heavy atom. The summed E-state index contributed by atoms with van der Waals surface area (Å²) in [5.74, 6) is 1.19. The minimum atomic E-state index is -0.545. The molecule has 1 aliphatic rings. The molecule has 0 spiro atoms. The number of imidazole rings is 1. The van der Waals surface area contributed by atoms with E-state index in [0.29, 0.717) is 16.8 Å². The lowest BCUT2D eigenvalue weighted by molar-refractivity contribution is 0.0801. The van der Waals surface area contributed by atoms with Crippen LogP contribution in [0.2, 0.25) is 5.22 Å². The van der Waals surface area contributed by atoms with Crippen LogP contribution in [0.4, 0.5) is 0 Å². The van der Waals surface area contributed by atoms with Gasteiger partial charge in [-0.2, -0.15) is 0 Å². The van der Waals surface area contributed by atoms with Gasteiger partial charge in [-0.25, -0.2) is 4.98 Å². The van der Waals surface area contributed by atoms with E-state index in [1.807, 2.05) is 4.57 Å². The van der Waals surface area contributed by atoms with Gasteiger partial charge in [0.25, 0.3) is 0 Å². The topological polar surface area (TPSA) is 51.2 Å². The van der Waals surface area contributed by atoms with Crippen molar-refractivity contribution in [2.75, 3.05) is 0 Å². The summed E-state index contributed by atoms with van der Waals surface area (Å²) in [6.07, 6.45) is 2.05. The Labute approximate surface area is 111 Å². The molecule has 3 heterocycles. The van der Waals surface area contributed by atoms with Gasteiger partial charge in [0.05, 0.1) is 5.69 Å². The average molecular weight is 318 g/mol. The van der Waals surface area contributed by atoms with E-state index in [0.717, 1.165) is 29.6 Å². The molecule has 6 heteroatoms. The summed E-state index contributed by atoms with van der Waals surface area (Å²) in [6.45, 7) is 0. The maximum absolute atomic E-state index is 10.1. The van der Waals surface area contributed by atoms with Crippen molar-refractivity contribution in [2.45, 2.75) is 25.5 Å². The molecule has 0 fully saturated rings. The number of aromatic nitrogens is 2. The number of furan rings is 1. The molecule has 0 aromatic carbocycles. The molecule has 3 rings (SSSR count). The minimum Gasteiger partial charge on any atom is -0.441 e. The maximum atomic E-state index is 10.1. The Balaban J connectivity index is 2.18. The Kier molecular flexibility index (Phi) is 2.77. The first-order chi connectivity index (χ1) is 8.16. The second-order valence-electron chi connectivity index (χ2n) is 4.02. The van der Waals surface area contributed by atoms with Crippen LogP contribution in [0.3, 0.4) is 0 Å². The molecule has 0 bridgehead atoms. The highest BCUT2D eigenvalue weighted by atomic mass is 79.9. The van der Waals surface area contributed by atoms with Crippen molar-refractivity contribution in [1.82, 2.24) is 9.55 Å². The van der Waals surface area contributed by atoms with Gasteiger partial charge >= 0.3 is 0 Å². The Morgan fingerprint density at radius 1 is 1.53 bits per heavy atom. The van der Waals surface area contributed by atoms with Gasteiger partial charge in [0.15, 0.2) is 16.8 Å². The highest BCUT2D eigenvalue weighted by Gasteiger charge is 2.26.